The topological polar surface area (TPSA) is 61.8 Å². The molecule has 5 heteroatoms. The Balaban J connectivity index is 2.13. The first-order chi connectivity index (χ1) is 9.84. The van der Waals surface area contributed by atoms with Crippen LogP contribution in [0.4, 0.5) is 4.39 Å². The van der Waals surface area contributed by atoms with Crippen molar-refractivity contribution >= 4 is 11.0 Å². The van der Waals surface area contributed by atoms with Crippen molar-refractivity contribution in [2.24, 2.45) is 0 Å². The van der Waals surface area contributed by atoms with Crippen LogP contribution in [0.1, 0.15) is 25.1 Å². The van der Waals surface area contributed by atoms with Crippen LogP contribution in [0, 0.1) is 6.92 Å². The van der Waals surface area contributed by atoms with Crippen molar-refractivity contribution in [2.45, 2.75) is 26.4 Å². The number of hydrogen-bond donors (Lipinski definition) is 2. The zero-order chi connectivity index (χ0) is 15.2. The summed E-state index contributed by atoms with van der Waals surface area (Å²) in [5.41, 5.74) is 2.09. The van der Waals surface area contributed by atoms with E-state index in [0.717, 1.165) is 16.6 Å². The van der Waals surface area contributed by atoms with Gasteiger partial charge in [0.05, 0.1) is 22.9 Å². The Labute approximate surface area is 121 Å². The van der Waals surface area contributed by atoms with Crippen molar-refractivity contribution in [1.82, 2.24) is 15.0 Å². The quantitative estimate of drug-likeness (QED) is 0.752. The smallest absolute Gasteiger partial charge is 0.147 e. The van der Waals surface area contributed by atoms with Crippen molar-refractivity contribution in [3.8, 4) is 17.1 Å². The number of alkyl halides is 1. The summed E-state index contributed by atoms with van der Waals surface area (Å²) in [6.07, 6.45) is 1.60. The average Bonchev–Trinajstić information content (AvgIpc) is 2.79. The highest BCUT2D eigenvalue weighted by molar-refractivity contribution is 5.79. The van der Waals surface area contributed by atoms with Crippen molar-refractivity contribution in [3.05, 3.63) is 41.7 Å². The Kier molecular flexibility index (Phi) is 2.93. The molecule has 108 valence electrons. The number of hydrogen-bond acceptors (Lipinski definition) is 3. The zero-order valence-electron chi connectivity index (χ0n) is 12.1. The maximum Gasteiger partial charge on any atom is 0.147 e. The number of aromatic nitrogens is 3. The SMILES string of the molecule is Cc1cc(O)ccc1-c1nc2cc(C(C)(C)F)ncc2[nH]1. The highest BCUT2D eigenvalue weighted by Gasteiger charge is 2.21. The van der Waals surface area contributed by atoms with Crippen molar-refractivity contribution in [1.29, 1.82) is 0 Å². The van der Waals surface area contributed by atoms with Gasteiger partial charge in [-0.25, -0.2) is 9.37 Å². The van der Waals surface area contributed by atoms with Crippen molar-refractivity contribution < 1.29 is 9.50 Å². The molecule has 2 heterocycles. The van der Waals surface area contributed by atoms with Crippen LogP contribution < -0.4 is 0 Å². The number of aromatic amines is 1. The Hall–Kier alpha value is -2.43. The lowest BCUT2D eigenvalue weighted by Gasteiger charge is -2.12. The van der Waals surface area contributed by atoms with Gasteiger partial charge in [0.1, 0.15) is 17.2 Å². The Morgan fingerprint density at radius 3 is 2.67 bits per heavy atom. The number of imidazole rings is 1. The Bertz CT molecular complexity index is 818. The zero-order valence-corrected chi connectivity index (χ0v) is 12.1. The largest absolute Gasteiger partial charge is 0.508 e. The molecule has 0 fully saturated rings. The van der Waals surface area contributed by atoms with Gasteiger partial charge >= 0.3 is 0 Å². The number of fused-ring (bicyclic) bond motifs is 1. The molecular formula is C16H16FN3O. The lowest BCUT2D eigenvalue weighted by atomic mass is 10.1. The van der Waals surface area contributed by atoms with Gasteiger partial charge in [0.15, 0.2) is 0 Å². The second kappa shape index (κ2) is 4.55. The van der Waals surface area contributed by atoms with Gasteiger partial charge in [-0.1, -0.05) is 0 Å². The molecule has 0 bridgehead atoms. The summed E-state index contributed by atoms with van der Waals surface area (Å²) in [6.45, 7) is 4.84. The van der Waals surface area contributed by atoms with Gasteiger partial charge in [-0.15, -0.1) is 0 Å². The summed E-state index contributed by atoms with van der Waals surface area (Å²) < 4.78 is 14.0. The molecule has 0 aliphatic heterocycles. The summed E-state index contributed by atoms with van der Waals surface area (Å²) in [4.78, 5) is 11.8. The number of nitrogens with zero attached hydrogens (tertiary/aromatic N) is 2. The number of nitrogens with one attached hydrogen (secondary N) is 1. The van der Waals surface area contributed by atoms with E-state index in [4.69, 9.17) is 0 Å². The molecule has 0 aliphatic rings. The third-order valence-electron chi connectivity index (χ3n) is 3.44. The highest BCUT2D eigenvalue weighted by atomic mass is 19.1. The monoisotopic (exact) mass is 285 g/mol. The van der Waals surface area contributed by atoms with Crippen molar-refractivity contribution in [2.75, 3.05) is 0 Å². The minimum atomic E-state index is -1.50. The number of aromatic hydroxyl groups is 1. The predicted molar refractivity (Wildman–Crippen MR) is 79.9 cm³/mol. The second-order valence-corrected chi connectivity index (χ2v) is 5.64. The Morgan fingerprint density at radius 2 is 2.00 bits per heavy atom. The van der Waals surface area contributed by atoms with E-state index in [1.807, 2.05) is 6.92 Å². The lowest BCUT2D eigenvalue weighted by molar-refractivity contribution is 0.214. The summed E-state index contributed by atoms with van der Waals surface area (Å²) in [5.74, 6) is 0.897. The fourth-order valence-corrected chi connectivity index (χ4v) is 2.28. The maximum absolute atomic E-state index is 14.0. The molecule has 4 nitrogen and oxygen atoms in total. The second-order valence-electron chi connectivity index (χ2n) is 5.64. The third kappa shape index (κ3) is 2.46. The van der Waals surface area contributed by atoms with Crippen LogP contribution in [0.15, 0.2) is 30.5 Å². The van der Waals surface area contributed by atoms with Gasteiger partial charge in [0, 0.05) is 5.56 Å². The van der Waals surface area contributed by atoms with Crippen LogP contribution in [0.5, 0.6) is 5.75 Å². The van der Waals surface area contributed by atoms with Gasteiger partial charge in [0.2, 0.25) is 0 Å². The summed E-state index contributed by atoms with van der Waals surface area (Å²) in [6, 6.07) is 6.75. The normalized spacial score (nSPS) is 12.0. The van der Waals surface area contributed by atoms with E-state index in [0.29, 0.717) is 17.0 Å². The number of rotatable bonds is 2. The summed E-state index contributed by atoms with van der Waals surface area (Å²) in [5, 5.41) is 9.47. The number of H-pyrrole nitrogens is 1. The molecule has 0 aliphatic carbocycles. The highest BCUT2D eigenvalue weighted by Crippen LogP contribution is 2.28. The average molecular weight is 285 g/mol. The van der Waals surface area contributed by atoms with Gasteiger partial charge < -0.3 is 10.1 Å². The third-order valence-corrected chi connectivity index (χ3v) is 3.44. The van der Waals surface area contributed by atoms with E-state index < -0.39 is 5.67 Å². The number of aryl methyl sites for hydroxylation is 1. The number of halogens is 1. The van der Waals surface area contributed by atoms with Gasteiger partial charge in [-0.05, 0) is 50.6 Å². The van der Waals surface area contributed by atoms with Crippen LogP contribution in [-0.2, 0) is 5.67 Å². The van der Waals surface area contributed by atoms with E-state index >= 15 is 0 Å². The van der Waals surface area contributed by atoms with Crippen LogP contribution in [0.25, 0.3) is 22.4 Å². The molecule has 1 aromatic carbocycles. The molecule has 0 saturated carbocycles. The molecule has 3 rings (SSSR count). The minimum absolute atomic E-state index is 0.218. The molecule has 0 spiro atoms. The van der Waals surface area contributed by atoms with E-state index in [2.05, 4.69) is 15.0 Å². The lowest BCUT2D eigenvalue weighted by Crippen LogP contribution is -2.10. The predicted octanol–water partition coefficient (Wildman–Crippen LogP) is 3.84. The van der Waals surface area contributed by atoms with Crippen LogP contribution >= 0.6 is 0 Å². The van der Waals surface area contributed by atoms with Gasteiger partial charge in [0.25, 0.3) is 0 Å². The van der Waals surface area contributed by atoms with Crippen molar-refractivity contribution in [3.63, 3.8) is 0 Å². The molecular weight excluding hydrogens is 269 g/mol. The van der Waals surface area contributed by atoms with E-state index in [1.54, 1.807) is 30.5 Å². The van der Waals surface area contributed by atoms with Gasteiger partial charge in [-0.2, -0.15) is 0 Å². The standard InChI is InChI=1S/C16H16FN3O/c1-9-6-10(21)4-5-11(9)15-19-12-7-14(16(2,3)17)18-8-13(12)20-15/h4-8,21H,1-3H3,(H,19,20). The molecule has 3 aromatic rings. The van der Waals surface area contributed by atoms with Crippen LogP contribution in [0.2, 0.25) is 0 Å². The molecule has 2 N–H and O–H groups in total. The van der Waals surface area contributed by atoms with Gasteiger partial charge in [-0.3, -0.25) is 4.98 Å². The molecule has 0 radical (unpaired) electrons. The first kappa shape index (κ1) is 13.5. The number of phenols is 1. The van der Waals surface area contributed by atoms with E-state index in [9.17, 15) is 9.50 Å². The minimum Gasteiger partial charge on any atom is -0.508 e. The Morgan fingerprint density at radius 1 is 1.24 bits per heavy atom. The summed E-state index contributed by atoms with van der Waals surface area (Å²) in [7, 11) is 0. The molecule has 0 unspecified atom stereocenters. The fraction of sp³-hybridized carbons (Fsp3) is 0.250. The fourth-order valence-electron chi connectivity index (χ4n) is 2.28. The number of pyridine rings is 1. The molecule has 0 atom stereocenters. The first-order valence-electron chi connectivity index (χ1n) is 6.70. The van der Waals surface area contributed by atoms with Crippen LogP contribution in [0.3, 0.4) is 0 Å². The maximum atomic E-state index is 14.0. The first-order valence-corrected chi connectivity index (χ1v) is 6.70. The molecule has 21 heavy (non-hydrogen) atoms. The number of benzene rings is 1. The van der Waals surface area contributed by atoms with Crippen LogP contribution in [-0.4, -0.2) is 20.1 Å². The van der Waals surface area contributed by atoms with E-state index in [1.165, 1.54) is 13.8 Å². The number of phenolic OH excluding ortho intramolecular Hbond substituents is 1. The molecule has 0 saturated heterocycles. The van der Waals surface area contributed by atoms with E-state index in [-0.39, 0.29) is 5.75 Å². The summed E-state index contributed by atoms with van der Waals surface area (Å²) >= 11 is 0. The molecule has 0 amide bonds. The molecule has 2 aromatic heterocycles.